The van der Waals surface area contributed by atoms with Gasteiger partial charge in [0.2, 0.25) is 0 Å². The van der Waals surface area contributed by atoms with Crippen LogP contribution in [0.2, 0.25) is 0 Å². The highest BCUT2D eigenvalue weighted by Gasteiger charge is 2.28. The molecule has 5 nitrogen and oxygen atoms in total. The first-order valence-corrected chi connectivity index (χ1v) is 6.52. The van der Waals surface area contributed by atoms with Crippen LogP contribution < -0.4 is 0 Å². The molecule has 1 heterocycles. The summed E-state index contributed by atoms with van der Waals surface area (Å²) >= 11 is 0. The zero-order valence-corrected chi connectivity index (χ0v) is 11.4. The number of non-ortho nitro benzene ring substituents is 1. The lowest BCUT2D eigenvalue weighted by Gasteiger charge is -2.27. The largest absolute Gasteiger partial charge is 0.458 e. The second kappa shape index (κ2) is 4.56. The maximum absolute atomic E-state index is 13.9. The first-order valence-electron chi connectivity index (χ1n) is 6.52. The maximum atomic E-state index is 13.9. The van der Waals surface area contributed by atoms with Gasteiger partial charge in [0.05, 0.1) is 11.0 Å². The van der Waals surface area contributed by atoms with Crippen LogP contribution in [0.15, 0.2) is 16.5 Å². The fourth-order valence-corrected chi connectivity index (χ4v) is 2.85. The van der Waals surface area contributed by atoms with Crippen LogP contribution in [0.1, 0.15) is 17.7 Å². The second-order valence-electron chi connectivity index (χ2n) is 5.43. The smallest absolute Gasteiger partial charge is 0.273 e. The zero-order valence-electron chi connectivity index (χ0n) is 11.4. The molecule has 1 aromatic carbocycles. The van der Waals surface area contributed by atoms with Gasteiger partial charge in [0.25, 0.3) is 5.69 Å². The number of aryl methyl sites for hydroxylation is 1. The average Bonchev–Trinajstić information content (AvgIpc) is 2.77. The zero-order chi connectivity index (χ0) is 14.4. The number of rotatable bonds is 2. The molecular formula is C14H15FN2O3. The standard InChI is InChI=1S/C14H15FN2O3/c1-16(2)8-3-4-13-10(5-8)11-6-9(17(18)19)7-12(15)14(11)20-13/h6-8H,3-5H2,1-2H3. The molecule has 1 atom stereocenters. The van der Waals surface area contributed by atoms with Crippen molar-refractivity contribution in [3.05, 3.63) is 39.4 Å². The molecule has 0 saturated carbocycles. The predicted octanol–water partition coefficient (Wildman–Crippen LogP) is 2.90. The minimum atomic E-state index is -0.662. The van der Waals surface area contributed by atoms with Crippen molar-refractivity contribution in [2.75, 3.05) is 14.1 Å². The molecule has 20 heavy (non-hydrogen) atoms. The molecule has 3 rings (SSSR count). The summed E-state index contributed by atoms with van der Waals surface area (Å²) in [5.74, 6) is 0.0995. The first-order chi connectivity index (χ1) is 9.47. The van der Waals surface area contributed by atoms with Crippen LogP contribution in [0, 0.1) is 15.9 Å². The number of hydrogen-bond donors (Lipinski definition) is 0. The predicted molar refractivity (Wildman–Crippen MR) is 72.3 cm³/mol. The Morgan fingerprint density at radius 3 is 2.85 bits per heavy atom. The second-order valence-corrected chi connectivity index (χ2v) is 5.43. The molecule has 0 saturated heterocycles. The van der Waals surface area contributed by atoms with E-state index in [1.54, 1.807) is 0 Å². The summed E-state index contributed by atoms with van der Waals surface area (Å²) in [5.41, 5.74) is 0.818. The van der Waals surface area contributed by atoms with Gasteiger partial charge in [-0.3, -0.25) is 10.1 Å². The Morgan fingerprint density at radius 1 is 1.45 bits per heavy atom. The van der Waals surface area contributed by atoms with Gasteiger partial charge in [0.1, 0.15) is 5.76 Å². The SMILES string of the molecule is CN(C)C1CCc2oc3c(F)cc([N+](=O)[O-])cc3c2C1. The summed E-state index contributed by atoms with van der Waals surface area (Å²) in [6, 6.07) is 2.69. The highest BCUT2D eigenvalue weighted by Crippen LogP contribution is 2.36. The Morgan fingerprint density at radius 2 is 2.20 bits per heavy atom. The average molecular weight is 278 g/mol. The van der Waals surface area contributed by atoms with Crippen molar-refractivity contribution in [1.29, 1.82) is 0 Å². The minimum Gasteiger partial charge on any atom is -0.458 e. The molecule has 6 heteroatoms. The number of likely N-dealkylation sites (N-methyl/N-ethyl adjacent to an activating group) is 1. The lowest BCUT2D eigenvalue weighted by Crippen LogP contribution is -2.33. The number of nitro benzene ring substituents is 1. The van der Waals surface area contributed by atoms with Crippen LogP contribution in [0.25, 0.3) is 11.0 Å². The van der Waals surface area contributed by atoms with Gasteiger partial charge in [-0.1, -0.05) is 0 Å². The highest BCUT2D eigenvalue weighted by atomic mass is 19.1. The molecule has 0 aliphatic heterocycles. The molecule has 106 valence electrons. The molecule has 1 aliphatic carbocycles. The molecule has 0 N–H and O–H groups in total. The number of fused-ring (bicyclic) bond motifs is 3. The van der Waals surface area contributed by atoms with Crippen molar-refractivity contribution in [3.63, 3.8) is 0 Å². The van der Waals surface area contributed by atoms with Crippen molar-refractivity contribution in [1.82, 2.24) is 4.90 Å². The number of furan rings is 1. The van der Waals surface area contributed by atoms with Crippen LogP contribution in [-0.2, 0) is 12.8 Å². The van der Waals surface area contributed by atoms with E-state index in [1.807, 2.05) is 14.1 Å². The Labute approximate surface area is 115 Å². The fourth-order valence-electron chi connectivity index (χ4n) is 2.85. The van der Waals surface area contributed by atoms with Crippen LogP contribution >= 0.6 is 0 Å². The minimum absolute atomic E-state index is 0.139. The summed E-state index contributed by atoms with van der Waals surface area (Å²) in [4.78, 5) is 12.4. The summed E-state index contributed by atoms with van der Waals surface area (Å²) in [5, 5.41) is 11.4. The van der Waals surface area contributed by atoms with Gasteiger partial charge < -0.3 is 9.32 Å². The van der Waals surface area contributed by atoms with Crippen molar-refractivity contribution >= 4 is 16.7 Å². The molecule has 2 aromatic rings. The molecular weight excluding hydrogens is 263 g/mol. The molecule has 0 amide bonds. The molecule has 1 aliphatic rings. The van der Waals surface area contributed by atoms with Crippen molar-refractivity contribution in [3.8, 4) is 0 Å². The van der Waals surface area contributed by atoms with Crippen molar-refractivity contribution in [2.45, 2.75) is 25.3 Å². The quantitative estimate of drug-likeness (QED) is 0.626. The van der Waals surface area contributed by atoms with E-state index in [0.29, 0.717) is 11.4 Å². The first kappa shape index (κ1) is 13.1. The van der Waals surface area contributed by atoms with Gasteiger partial charge in [-0.15, -0.1) is 0 Å². The van der Waals surface area contributed by atoms with Gasteiger partial charge in [0, 0.05) is 29.5 Å². The lowest BCUT2D eigenvalue weighted by atomic mass is 9.91. The fraction of sp³-hybridized carbons (Fsp3) is 0.429. The third-order valence-corrected chi connectivity index (χ3v) is 4.00. The van der Waals surface area contributed by atoms with Crippen LogP contribution in [0.4, 0.5) is 10.1 Å². The van der Waals surface area contributed by atoms with E-state index in [4.69, 9.17) is 4.42 Å². The number of nitrogens with zero attached hydrogens (tertiary/aromatic N) is 2. The highest BCUT2D eigenvalue weighted by molar-refractivity contribution is 5.85. The Hall–Kier alpha value is -1.95. The topological polar surface area (TPSA) is 59.5 Å². The molecule has 0 radical (unpaired) electrons. The maximum Gasteiger partial charge on any atom is 0.273 e. The molecule has 0 spiro atoms. The van der Waals surface area contributed by atoms with E-state index >= 15 is 0 Å². The van der Waals surface area contributed by atoms with Crippen LogP contribution in [0.3, 0.4) is 0 Å². The van der Waals surface area contributed by atoms with E-state index in [0.717, 1.165) is 36.7 Å². The van der Waals surface area contributed by atoms with Gasteiger partial charge in [-0.05, 0) is 26.9 Å². The lowest BCUT2D eigenvalue weighted by molar-refractivity contribution is -0.384. The normalized spacial score (nSPS) is 18.5. The van der Waals surface area contributed by atoms with E-state index < -0.39 is 10.7 Å². The van der Waals surface area contributed by atoms with Gasteiger partial charge >= 0.3 is 0 Å². The summed E-state index contributed by atoms with van der Waals surface area (Å²) in [6.45, 7) is 0. The molecule has 0 fully saturated rings. The van der Waals surface area contributed by atoms with Crippen LogP contribution in [0.5, 0.6) is 0 Å². The molecule has 1 aromatic heterocycles. The number of benzene rings is 1. The van der Waals surface area contributed by atoms with Gasteiger partial charge in [0.15, 0.2) is 11.4 Å². The van der Waals surface area contributed by atoms with E-state index in [2.05, 4.69) is 4.90 Å². The number of halogens is 1. The monoisotopic (exact) mass is 278 g/mol. The third kappa shape index (κ3) is 1.96. The Balaban J connectivity index is 2.17. The summed E-state index contributed by atoms with van der Waals surface area (Å²) in [7, 11) is 4.00. The van der Waals surface area contributed by atoms with Crippen LogP contribution in [-0.4, -0.2) is 30.0 Å². The Bertz CT molecular complexity index is 693. The Kier molecular flexibility index (Phi) is 2.97. The van der Waals surface area contributed by atoms with Crippen molar-refractivity contribution in [2.24, 2.45) is 0 Å². The number of hydrogen-bond acceptors (Lipinski definition) is 4. The summed E-state index contributed by atoms with van der Waals surface area (Å²) in [6.07, 6.45) is 2.42. The van der Waals surface area contributed by atoms with Gasteiger partial charge in [-0.25, -0.2) is 4.39 Å². The van der Waals surface area contributed by atoms with Crippen molar-refractivity contribution < 1.29 is 13.7 Å². The van der Waals surface area contributed by atoms with E-state index in [-0.39, 0.29) is 11.3 Å². The van der Waals surface area contributed by atoms with E-state index in [1.165, 1.54) is 6.07 Å². The molecule has 1 unspecified atom stereocenters. The number of nitro groups is 1. The molecule has 0 bridgehead atoms. The third-order valence-electron chi connectivity index (χ3n) is 4.00. The van der Waals surface area contributed by atoms with Gasteiger partial charge in [-0.2, -0.15) is 0 Å². The summed E-state index contributed by atoms with van der Waals surface area (Å²) < 4.78 is 19.5. The van der Waals surface area contributed by atoms with E-state index in [9.17, 15) is 14.5 Å².